The number of aromatic nitrogens is 3. The molecule has 7 nitrogen and oxygen atoms in total. The molecule has 0 radical (unpaired) electrons. The quantitative estimate of drug-likeness (QED) is 0.378. The minimum absolute atomic E-state index is 0.0177. The Kier molecular flexibility index (Phi) is 4.94. The second kappa shape index (κ2) is 7.69. The smallest absolute Gasteiger partial charge is 0.277 e. The molecule has 0 saturated heterocycles. The number of benzene rings is 2. The van der Waals surface area contributed by atoms with Crippen molar-refractivity contribution in [2.75, 3.05) is 11.1 Å². The first-order valence-corrected chi connectivity index (χ1v) is 9.52. The summed E-state index contributed by atoms with van der Waals surface area (Å²) in [5.41, 5.74) is 3.04. The van der Waals surface area contributed by atoms with E-state index in [0.29, 0.717) is 22.4 Å². The van der Waals surface area contributed by atoms with E-state index >= 15 is 0 Å². The number of thioether (sulfide) groups is 1. The van der Waals surface area contributed by atoms with Crippen molar-refractivity contribution in [3.63, 3.8) is 0 Å². The van der Waals surface area contributed by atoms with Gasteiger partial charge in [0, 0.05) is 28.4 Å². The number of para-hydroxylation sites is 1. The molecule has 0 bridgehead atoms. The van der Waals surface area contributed by atoms with Gasteiger partial charge in [0.2, 0.25) is 5.91 Å². The molecule has 8 heteroatoms. The van der Waals surface area contributed by atoms with Crippen molar-refractivity contribution in [3.8, 4) is 11.5 Å². The van der Waals surface area contributed by atoms with Crippen molar-refractivity contribution in [3.05, 3.63) is 60.3 Å². The van der Waals surface area contributed by atoms with Crippen LogP contribution in [-0.4, -0.2) is 32.6 Å². The zero-order valence-corrected chi connectivity index (χ0v) is 15.7. The first kappa shape index (κ1) is 18.0. The lowest BCUT2D eigenvalue weighted by Gasteiger charge is -2.04. The summed E-state index contributed by atoms with van der Waals surface area (Å²) >= 11 is 1.16. The third-order valence-corrected chi connectivity index (χ3v) is 4.95. The molecule has 0 fully saturated rings. The Morgan fingerprint density at radius 1 is 1.11 bits per heavy atom. The monoisotopic (exact) mass is 392 g/mol. The molecule has 0 aliphatic carbocycles. The summed E-state index contributed by atoms with van der Waals surface area (Å²) in [6.45, 7) is 1.50. The average Bonchev–Trinajstić information content (AvgIpc) is 3.33. The fraction of sp³-hybridized carbons (Fsp3) is 0.100. The number of H-pyrrole nitrogens is 1. The molecule has 2 N–H and O–H groups in total. The minimum atomic E-state index is -0.201. The fourth-order valence-electron chi connectivity index (χ4n) is 2.74. The Labute approximate surface area is 164 Å². The summed E-state index contributed by atoms with van der Waals surface area (Å²) in [5, 5.41) is 12.2. The maximum absolute atomic E-state index is 12.1. The van der Waals surface area contributed by atoms with Crippen LogP contribution >= 0.6 is 11.8 Å². The number of rotatable bonds is 6. The van der Waals surface area contributed by atoms with Gasteiger partial charge in [0.05, 0.1) is 11.3 Å². The molecule has 4 rings (SSSR count). The van der Waals surface area contributed by atoms with E-state index in [0.717, 1.165) is 28.2 Å². The predicted octanol–water partition coefficient (Wildman–Crippen LogP) is 4.15. The largest absolute Gasteiger partial charge is 0.411 e. The van der Waals surface area contributed by atoms with Gasteiger partial charge in [-0.1, -0.05) is 30.0 Å². The Balaban J connectivity index is 1.38. The number of aromatic amines is 1. The van der Waals surface area contributed by atoms with Crippen LogP contribution in [0.5, 0.6) is 0 Å². The Morgan fingerprint density at radius 2 is 1.89 bits per heavy atom. The predicted molar refractivity (Wildman–Crippen MR) is 107 cm³/mol. The van der Waals surface area contributed by atoms with Gasteiger partial charge in [-0.05, 0) is 37.3 Å². The van der Waals surface area contributed by atoms with Crippen molar-refractivity contribution in [1.82, 2.24) is 15.2 Å². The Hall–Kier alpha value is -3.39. The molecule has 2 aromatic heterocycles. The van der Waals surface area contributed by atoms with Gasteiger partial charge in [-0.2, -0.15) is 0 Å². The summed E-state index contributed by atoms with van der Waals surface area (Å²) < 4.78 is 5.68. The van der Waals surface area contributed by atoms with Crippen LogP contribution < -0.4 is 5.32 Å². The minimum Gasteiger partial charge on any atom is -0.411 e. The van der Waals surface area contributed by atoms with Gasteiger partial charge < -0.3 is 14.7 Å². The lowest BCUT2D eigenvalue weighted by Crippen LogP contribution is -2.14. The molecular weight excluding hydrogens is 376 g/mol. The highest BCUT2D eigenvalue weighted by Crippen LogP contribution is 2.29. The summed E-state index contributed by atoms with van der Waals surface area (Å²) in [6.07, 6.45) is 1.82. The van der Waals surface area contributed by atoms with Crippen molar-refractivity contribution < 1.29 is 14.0 Å². The molecule has 140 valence electrons. The van der Waals surface area contributed by atoms with E-state index in [1.165, 1.54) is 6.92 Å². The maximum atomic E-state index is 12.1. The van der Waals surface area contributed by atoms with Crippen molar-refractivity contribution in [1.29, 1.82) is 0 Å². The highest BCUT2D eigenvalue weighted by molar-refractivity contribution is 7.99. The van der Waals surface area contributed by atoms with Gasteiger partial charge in [-0.25, -0.2) is 0 Å². The van der Waals surface area contributed by atoms with Crippen LogP contribution in [0.25, 0.3) is 22.4 Å². The molecule has 0 saturated carbocycles. The highest BCUT2D eigenvalue weighted by atomic mass is 32.2. The van der Waals surface area contributed by atoms with Crippen LogP contribution in [-0.2, 0) is 4.79 Å². The summed E-state index contributed by atoms with van der Waals surface area (Å²) in [5.74, 6) is 0.313. The highest BCUT2D eigenvalue weighted by Gasteiger charge is 2.14. The molecule has 0 aliphatic rings. The topological polar surface area (TPSA) is 101 Å². The number of carbonyl (C=O) groups is 2. The molecule has 1 amide bonds. The molecule has 28 heavy (non-hydrogen) atoms. The third kappa shape index (κ3) is 3.81. The van der Waals surface area contributed by atoms with Gasteiger partial charge in [0.15, 0.2) is 5.78 Å². The number of nitrogens with zero attached hydrogens (tertiary/aromatic N) is 2. The number of Topliss-reactive ketones (excluding diaryl/α,β-unsaturated/α-hetero) is 1. The number of ketones is 1. The van der Waals surface area contributed by atoms with Gasteiger partial charge >= 0.3 is 0 Å². The number of fused-ring (bicyclic) bond motifs is 1. The molecule has 0 unspecified atom stereocenters. The summed E-state index contributed by atoms with van der Waals surface area (Å²) in [4.78, 5) is 26.6. The number of hydrogen-bond acceptors (Lipinski definition) is 6. The molecule has 2 aromatic carbocycles. The fourth-order valence-corrected chi connectivity index (χ4v) is 3.30. The van der Waals surface area contributed by atoms with Crippen LogP contribution in [0.1, 0.15) is 17.3 Å². The van der Waals surface area contributed by atoms with E-state index in [4.69, 9.17) is 4.42 Å². The Bertz CT molecular complexity index is 1150. The van der Waals surface area contributed by atoms with Gasteiger partial charge in [0.25, 0.3) is 11.1 Å². The van der Waals surface area contributed by atoms with Crippen LogP contribution in [0.2, 0.25) is 0 Å². The van der Waals surface area contributed by atoms with E-state index < -0.39 is 0 Å². The van der Waals surface area contributed by atoms with E-state index in [1.807, 2.05) is 30.5 Å². The van der Waals surface area contributed by atoms with Crippen LogP contribution in [0.4, 0.5) is 5.69 Å². The molecule has 0 atom stereocenters. The van der Waals surface area contributed by atoms with E-state index in [2.05, 4.69) is 20.5 Å². The standard InChI is InChI=1S/C20H16N4O3S/c1-12(25)13-6-8-14(9-7-13)22-18(26)11-28-20-24-23-19(27-20)16-10-21-17-5-3-2-4-15(16)17/h2-10,21H,11H2,1H3,(H,22,26). The van der Waals surface area contributed by atoms with Crippen LogP contribution in [0.3, 0.4) is 0 Å². The van der Waals surface area contributed by atoms with Crippen molar-refractivity contribution >= 4 is 40.0 Å². The van der Waals surface area contributed by atoms with Gasteiger partial charge in [-0.3, -0.25) is 9.59 Å². The zero-order chi connectivity index (χ0) is 19.5. The van der Waals surface area contributed by atoms with E-state index in [9.17, 15) is 9.59 Å². The molecular formula is C20H16N4O3S. The second-order valence-electron chi connectivity index (χ2n) is 6.09. The molecule has 0 aliphatic heterocycles. The maximum Gasteiger partial charge on any atom is 0.277 e. The van der Waals surface area contributed by atoms with E-state index in [-0.39, 0.29) is 17.4 Å². The van der Waals surface area contributed by atoms with Gasteiger partial charge in [-0.15, -0.1) is 10.2 Å². The lowest BCUT2D eigenvalue weighted by atomic mass is 10.1. The molecule has 2 heterocycles. The number of nitrogens with one attached hydrogen (secondary N) is 2. The van der Waals surface area contributed by atoms with Crippen molar-refractivity contribution in [2.45, 2.75) is 12.1 Å². The summed E-state index contributed by atoms with van der Waals surface area (Å²) in [6, 6.07) is 14.6. The average molecular weight is 392 g/mol. The number of amides is 1. The molecule has 4 aromatic rings. The normalized spacial score (nSPS) is 10.9. The zero-order valence-electron chi connectivity index (χ0n) is 14.9. The number of anilines is 1. The second-order valence-corrected chi connectivity index (χ2v) is 7.02. The van der Waals surface area contributed by atoms with Gasteiger partial charge in [0.1, 0.15) is 0 Å². The molecule has 0 spiro atoms. The first-order chi connectivity index (χ1) is 13.6. The number of hydrogen-bond donors (Lipinski definition) is 2. The number of carbonyl (C=O) groups excluding carboxylic acids is 2. The third-order valence-electron chi connectivity index (χ3n) is 4.13. The summed E-state index contributed by atoms with van der Waals surface area (Å²) in [7, 11) is 0. The van der Waals surface area contributed by atoms with E-state index in [1.54, 1.807) is 24.3 Å². The lowest BCUT2D eigenvalue weighted by molar-refractivity contribution is -0.113. The van der Waals surface area contributed by atoms with Crippen LogP contribution in [0.15, 0.2) is 64.4 Å². The van der Waals surface area contributed by atoms with Crippen molar-refractivity contribution in [2.24, 2.45) is 0 Å². The first-order valence-electron chi connectivity index (χ1n) is 8.54. The SMILES string of the molecule is CC(=O)c1ccc(NC(=O)CSc2nnc(-c3c[nH]c4ccccc34)o2)cc1. The Morgan fingerprint density at radius 3 is 2.68 bits per heavy atom. The van der Waals surface area contributed by atoms with Crippen LogP contribution in [0, 0.1) is 0 Å².